The Morgan fingerprint density at radius 3 is 2.39 bits per heavy atom. The van der Waals surface area contributed by atoms with E-state index in [4.69, 9.17) is 4.74 Å². The molecule has 23 heavy (non-hydrogen) atoms. The fraction of sp³-hybridized carbons (Fsp3) is 0.235. The molecule has 0 unspecified atom stereocenters. The maximum Gasteiger partial charge on any atom is 0.274 e. The number of rotatable bonds is 5. The summed E-state index contributed by atoms with van der Waals surface area (Å²) in [4.78, 5) is 21.8. The Morgan fingerprint density at radius 1 is 1.22 bits per heavy atom. The lowest BCUT2D eigenvalue weighted by Gasteiger charge is -2.10. The Hall–Kier alpha value is -2.73. The van der Waals surface area contributed by atoms with Gasteiger partial charge in [0.2, 0.25) is 6.41 Å². The smallest absolute Gasteiger partial charge is 0.274 e. The number of amides is 1. The van der Waals surface area contributed by atoms with Crippen LogP contribution in [-0.2, 0) is 16.1 Å². The second-order valence-corrected chi connectivity index (χ2v) is 4.86. The number of ether oxygens (including phenoxy) is 1. The van der Waals surface area contributed by atoms with Crippen molar-refractivity contribution in [2.75, 3.05) is 19.1 Å². The second kappa shape index (κ2) is 9.32. The molecule has 122 valence electrons. The molecule has 0 aliphatic heterocycles. The topological polar surface area (TPSA) is 72.7 Å². The van der Waals surface area contributed by atoms with Crippen molar-refractivity contribution >= 4 is 17.8 Å². The molecule has 0 fully saturated rings. The molecule has 0 saturated carbocycles. The Morgan fingerprint density at radius 2 is 1.87 bits per heavy atom. The zero-order chi connectivity index (χ0) is 17.2. The molecule has 2 aromatic rings. The van der Waals surface area contributed by atoms with Crippen molar-refractivity contribution in [1.82, 2.24) is 0 Å². The molecule has 1 amide bonds. The van der Waals surface area contributed by atoms with Gasteiger partial charge in [-0.05, 0) is 18.6 Å². The maximum atomic E-state index is 10.6. The molecule has 0 aromatic heterocycles. The average molecular weight is 316 g/mol. The first-order valence-corrected chi connectivity index (χ1v) is 6.95. The van der Waals surface area contributed by atoms with Gasteiger partial charge in [-0.15, -0.1) is 0 Å². The second-order valence-electron chi connectivity index (χ2n) is 4.86. The molecule has 0 aliphatic rings. The Kier molecular flexibility index (Phi) is 7.42. The van der Waals surface area contributed by atoms with Gasteiger partial charge in [-0.1, -0.05) is 36.4 Å². The summed E-state index contributed by atoms with van der Waals surface area (Å²) in [7, 11) is 3.24. The summed E-state index contributed by atoms with van der Waals surface area (Å²) >= 11 is 0. The Bertz CT molecular complexity index is 644. The first-order valence-electron chi connectivity index (χ1n) is 6.95. The van der Waals surface area contributed by atoms with Crippen LogP contribution in [0, 0.1) is 17.0 Å². The molecule has 2 rings (SSSR count). The van der Waals surface area contributed by atoms with Gasteiger partial charge in [0.1, 0.15) is 0 Å². The van der Waals surface area contributed by atoms with Gasteiger partial charge < -0.3 is 9.64 Å². The number of carbonyl (C=O) groups excluding carboxylic acids is 1. The van der Waals surface area contributed by atoms with E-state index in [1.165, 1.54) is 16.5 Å². The zero-order valence-electron chi connectivity index (χ0n) is 13.4. The maximum absolute atomic E-state index is 10.6. The standard InChI is InChI=1S/C9H10N2O3.C8H10O/c1-7-3-4-8(10(2)6-12)5-9(7)11(13)14;1-9-7-8-5-3-2-4-6-8/h3-6H,1-2H3;2-6H,7H2,1H3. The summed E-state index contributed by atoms with van der Waals surface area (Å²) in [5, 5.41) is 10.6. The highest BCUT2D eigenvalue weighted by atomic mass is 16.6. The van der Waals surface area contributed by atoms with Crippen LogP contribution in [0.25, 0.3) is 0 Å². The summed E-state index contributed by atoms with van der Waals surface area (Å²) in [6.07, 6.45) is 0.606. The van der Waals surface area contributed by atoms with E-state index < -0.39 is 4.92 Å². The Balaban J connectivity index is 0.000000253. The van der Waals surface area contributed by atoms with Crippen molar-refractivity contribution in [3.05, 3.63) is 69.8 Å². The number of hydrogen-bond donors (Lipinski definition) is 0. The predicted molar refractivity (Wildman–Crippen MR) is 89.5 cm³/mol. The zero-order valence-corrected chi connectivity index (χ0v) is 13.4. The molecule has 0 atom stereocenters. The summed E-state index contributed by atoms with van der Waals surface area (Å²) in [6.45, 7) is 2.36. The van der Waals surface area contributed by atoms with Gasteiger partial charge in [0.25, 0.3) is 5.69 Å². The number of nitrogens with zero attached hydrogens (tertiary/aromatic N) is 2. The predicted octanol–water partition coefficient (Wildman–Crippen LogP) is 3.33. The van der Waals surface area contributed by atoms with Gasteiger partial charge in [0.15, 0.2) is 0 Å². The van der Waals surface area contributed by atoms with Crippen LogP contribution in [0.15, 0.2) is 48.5 Å². The van der Waals surface area contributed by atoms with Gasteiger partial charge in [0.05, 0.1) is 11.5 Å². The highest BCUT2D eigenvalue weighted by Crippen LogP contribution is 2.23. The van der Waals surface area contributed by atoms with Gasteiger partial charge in [-0.25, -0.2) is 0 Å². The van der Waals surface area contributed by atoms with E-state index in [1.807, 2.05) is 30.3 Å². The summed E-state index contributed by atoms with van der Waals surface area (Å²) in [5.74, 6) is 0. The van der Waals surface area contributed by atoms with Crippen molar-refractivity contribution < 1.29 is 14.5 Å². The molecule has 0 saturated heterocycles. The minimum atomic E-state index is -0.461. The molecule has 6 heteroatoms. The van der Waals surface area contributed by atoms with Gasteiger partial charge in [-0.2, -0.15) is 0 Å². The summed E-state index contributed by atoms with van der Waals surface area (Å²) in [6, 6.07) is 14.8. The van der Waals surface area contributed by atoms with Crippen molar-refractivity contribution in [3.8, 4) is 0 Å². The summed E-state index contributed by atoms with van der Waals surface area (Å²) < 4.78 is 4.93. The van der Waals surface area contributed by atoms with Crippen LogP contribution in [0.1, 0.15) is 11.1 Å². The van der Waals surface area contributed by atoms with Gasteiger partial charge >= 0.3 is 0 Å². The van der Waals surface area contributed by atoms with E-state index >= 15 is 0 Å². The average Bonchev–Trinajstić information content (AvgIpc) is 2.56. The third-order valence-electron chi connectivity index (χ3n) is 3.11. The van der Waals surface area contributed by atoms with Crippen molar-refractivity contribution in [3.63, 3.8) is 0 Å². The number of carbonyl (C=O) groups is 1. The largest absolute Gasteiger partial charge is 0.380 e. The van der Waals surface area contributed by atoms with Crippen LogP contribution in [0.2, 0.25) is 0 Å². The molecule has 2 aromatic carbocycles. The van der Waals surface area contributed by atoms with Crippen LogP contribution < -0.4 is 4.90 Å². The quantitative estimate of drug-likeness (QED) is 0.482. The number of hydrogen-bond acceptors (Lipinski definition) is 4. The lowest BCUT2D eigenvalue weighted by atomic mass is 10.2. The van der Waals surface area contributed by atoms with Crippen molar-refractivity contribution in [2.45, 2.75) is 13.5 Å². The van der Waals surface area contributed by atoms with E-state index in [-0.39, 0.29) is 5.69 Å². The van der Waals surface area contributed by atoms with Crippen LogP contribution in [-0.4, -0.2) is 25.5 Å². The highest BCUT2D eigenvalue weighted by molar-refractivity contribution is 5.75. The normalized spacial score (nSPS) is 9.52. The fourth-order valence-corrected chi connectivity index (χ4v) is 1.82. The third-order valence-corrected chi connectivity index (χ3v) is 3.11. The summed E-state index contributed by atoms with van der Waals surface area (Å²) in [5.41, 5.74) is 2.34. The number of anilines is 1. The Labute approximate surface area is 135 Å². The number of nitro benzene ring substituents is 1. The van der Waals surface area contributed by atoms with Crippen LogP contribution in [0.3, 0.4) is 0 Å². The van der Waals surface area contributed by atoms with Crippen LogP contribution in [0.4, 0.5) is 11.4 Å². The number of aryl methyl sites for hydroxylation is 1. The van der Waals surface area contributed by atoms with Crippen molar-refractivity contribution in [1.29, 1.82) is 0 Å². The first kappa shape index (κ1) is 18.3. The van der Waals surface area contributed by atoms with Crippen LogP contribution >= 0.6 is 0 Å². The van der Waals surface area contributed by atoms with E-state index in [2.05, 4.69) is 0 Å². The molecular formula is C17H20N2O4. The third kappa shape index (κ3) is 5.88. The molecule has 0 aliphatic carbocycles. The van der Waals surface area contributed by atoms with E-state index in [1.54, 1.807) is 33.2 Å². The van der Waals surface area contributed by atoms with Gasteiger partial charge in [-0.3, -0.25) is 14.9 Å². The van der Waals surface area contributed by atoms with Crippen LogP contribution in [0.5, 0.6) is 0 Å². The van der Waals surface area contributed by atoms with E-state index in [0.717, 1.165) is 0 Å². The molecule has 6 nitrogen and oxygen atoms in total. The fourth-order valence-electron chi connectivity index (χ4n) is 1.82. The number of nitro groups is 1. The number of benzene rings is 2. The monoisotopic (exact) mass is 316 g/mol. The lowest BCUT2D eigenvalue weighted by Crippen LogP contribution is -2.13. The minimum Gasteiger partial charge on any atom is -0.380 e. The first-order chi connectivity index (χ1) is 11.0. The lowest BCUT2D eigenvalue weighted by molar-refractivity contribution is -0.385. The van der Waals surface area contributed by atoms with Crippen molar-refractivity contribution in [2.24, 2.45) is 0 Å². The van der Waals surface area contributed by atoms with E-state index in [9.17, 15) is 14.9 Å². The van der Waals surface area contributed by atoms with Gasteiger partial charge in [0, 0.05) is 31.5 Å². The highest BCUT2D eigenvalue weighted by Gasteiger charge is 2.12. The number of methoxy groups -OCH3 is 1. The molecule has 0 N–H and O–H groups in total. The molecule has 0 spiro atoms. The molecular weight excluding hydrogens is 296 g/mol. The van der Waals surface area contributed by atoms with E-state index in [0.29, 0.717) is 24.3 Å². The molecule has 0 radical (unpaired) electrons. The SMILES string of the molecule is COCc1ccccc1.Cc1ccc(N(C)C=O)cc1[N+](=O)[O-]. The molecule has 0 bridgehead atoms. The minimum absolute atomic E-state index is 0.0243. The molecule has 0 heterocycles.